The lowest BCUT2D eigenvalue weighted by Crippen LogP contribution is -1.99. The number of sulfone groups is 1. The summed E-state index contributed by atoms with van der Waals surface area (Å²) in [6, 6.07) is 1.46. The minimum atomic E-state index is -3.55. The number of nitrogens with zero attached hydrogens (tertiary/aromatic N) is 1. The molecule has 0 atom stereocenters. The second kappa shape index (κ2) is 3.77. The molecule has 6 heteroatoms. The van der Waals surface area contributed by atoms with Gasteiger partial charge >= 0.3 is 0 Å². The molecule has 70 valence electrons. The lowest BCUT2D eigenvalue weighted by atomic mass is 10.5. The number of halogens is 2. The predicted octanol–water partition coefficient (Wildman–Crippen LogP) is 2.41. The topological polar surface area (TPSA) is 47.0 Å². The first-order chi connectivity index (χ1) is 5.97. The molecule has 0 saturated heterocycles. The third-order valence-corrected chi connectivity index (χ3v) is 3.40. The van der Waals surface area contributed by atoms with E-state index in [0.29, 0.717) is 4.47 Å². The highest BCUT2D eigenvalue weighted by atomic mass is 79.9. The van der Waals surface area contributed by atoms with Crippen molar-refractivity contribution in [1.82, 2.24) is 4.98 Å². The molecule has 0 aliphatic heterocycles. The van der Waals surface area contributed by atoms with Gasteiger partial charge in [0.15, 0.2) is 5.03 Å². The molecule has 1 rings (SSSR count). The van der Waals surface area contributed by atoms with Crippen LogP contribution in [0.15, 0.2) is 33.7 Å². The van der Waals surface area contributed by atoms with E-state index in [4.69, 9.17) is 11.6 Å². The van der Waals surface area contributed by atoms with Crippen LogP contribution in [0.5, 0.6) is 0 Å². The van der Waals surface area contributed by atoms with Crippen molar-refractivity contribution in [1.29, 1.82) is 0 Å². The molecule has 0 aromatic carbocycles. The molecule has 0 bridgehead atoms. The van der Waals surface area contributed by atoms with Crippen molar-refractivity contribution >= 4 is 37.4 Å². The van der Waals surface area contributed by atoms with E-state index in [1.807, 2.05) is 0 Å². The van der Waals surface area contributed by atoms with Crippen LogP contribution in [0.4, 0.5) is 0 Å². The van der Waals surface area contributed by atoms with Crippen molar-refractivity contribution in [3.8, 4) is 0 Å². The molecule has 0 unspecified atom stereocenters. The van der Waals surface area contributed by atoms with Gasteiger partial charge in [0.25, 0.3) is 0 Å². The number of pyridine rings is 1. The van der Waals surface area contributed by atoms with Gasteiger partial charge in [0.2, 0.25) is 9.84 Å². The van der Waals surface area contributed by atoms with Crippen molar-refractivity contribution < 1.29 is 8.42 Å². The molecule has 0 spiro atoms. The molecule has 0 aliphatic rings. The largest absolute Gasteiger partial charge is 0.242 e. The standard InChI is InChI=1S/C7H5BrClNO2S/c1-2-13(11,12)7-6(9)3-5(8)4-10-7/h2-4H,1H2. The monoisotopic (exact) mass is 281 g/mol. The van der Waals surface area contributed by atoms with Crippen LogP contribution in [0.25, 0.3) is 0 Å². The molecular formula is C7H5BrClNO2S. The third-order valence-electron chi connectivity index (χ3n) is 1.26. The highest BCUT2D eigenvalue weighted by Crippen LogP contribution is 2.23. The fraction of sp³-hybridized carbons (Fsp3) is 0. The first kappa shape index (κ1) is 10.7. The summed E-state index contributed by atoms with van der Waals surface area (Å²) in [6.45, 7) is 3.17. The van der Waals surface area contributed by atoms with Crippen molar-refractivity contribution in [3.05, 3.63) is 33.7 Å². The molecule has 0 aliphatic carbocycles. The zero-order valence-corrected chi connectivity index (χ0v) is 9.53. The first-order valence-electron chi connectivity index (χ1n) is 3.16. The van der Waals surface area contributed by atoms with Gasteiger partial charge in [-0.15, -0.1) is 0 Å². The Hall–Kier alpha value is -0.390. The van der Waals surface area contributed by atoms with E-state index >= 15 is 0 Å². The molecule has 3 nitrogen and oxygen atoms in total. The van der Waals surface area contributed by atoms with Crippen LogP contribution in [0.2, 0.25) is 5.02 Å². The third kappa shape index (κ3) is 2.30. The number of hydrogen-bond donors (Lipinski definition) is 0. The van der Waals surface area contributed by atoms with Crippen LogP contribution >= 0.6 is 27.5 Å². The maximum absolute atomic E-state index is 11.3. The van der Waals surface area contributed by atoms with E-state index in [1.54, 1.807) is 0 Å². The van der Waals surface area contributed by atoms with E-state index in [9.17, 15) is 8.42 Å². The Morgan fingerprint density at radius 3 is 2.69 bits per heavy atom. The van der Waals surface area contributed by atoms with Crippen molar-refractivity contribution in [2.75, 3.05) is 0 Å². The Kier molecular flexibility index (Phi) is 3.10. The quantitative estimate of drug-likeness (QED) is 0.837. The van der Waals surface area contributed by atoms with E-state index < -0.39 is 9.84 Å². The van der Waals surface area contributed by atoms with Gasteiger partial charge in [0.1, 0.15) is 0 Å². The Labute approximate surface area is 89.5 Å². The summed E-state index contributed by atoms with van der Waals surface area (Å²) in [4.78, 5) is 3.68. The van der Waals surface area contributed by atoms with E-state index in [-0.39, 0.29) is 10.0 Å². The highest BCUT2D eigenvalue weighted by Gasteiger charge is 2.15. The minimum Gasteiger partial charge on any atom is -0.242 e. The van der Waals surface area contributed by atoms with E-state index in [0.717, 1.165) is 5.41 Å². The Morgan fingerprint density at radius 2 is 2.23 bits per heavy atom. The van der Waals surface area contributed by atoms with Crippen LogP contribution in [0.1, 0.15) is 0 Å². The fourth-order valence-electron chi connectivity index (χ4n) is 0.690. The first-order valence-corrected chi connectivity index (χ1v) is 5.87. The van der Waals surface area contributed by atoms with Gasteiger partial charge in [-0.1, -0.05) is 18.2 Å². The van der Waals surface area contributed by atoms with Crippen molar-refractivity contribution in [2.45, 2.75) is 5.03 Å². The lowest BCUT2D eigenvalue weighted by Gasteiger charge is -2.00. The Bertz CT molecular complexity index is 444. The summed E-state index contributed by atoms with van der Waals surface area (Å²) >= 11 is 8.79. The van der Waals surface area contributed by atoms with Crippen molar-refractivity contribution in [2.24, 2.45) is 0 Å². The van der Waals surface area contributed by atoms with E-state index in [1.165, 1.54) is 12.3 Å². The van der Waals surface area contributed by atoms with Crippen LogP contribution < -0.4 is 0 Å². The SMILES string of the molecule is C=CS(=O)(=O)c1ncc(Br)cc1Cl. The molecule has 0 radical (unpaired) electrons. The zero-order chi connectivity index (χ0) is 10.1. The summed E-state index contributed by atoms with van der Waals surface area (Å²) in [5.41, 5.74) is 0. The lowest BCUT2D eigenvalue weighted by molar-refractivity contribution is 0.601. The van der Waals surface area contributed by atoms with Gasteiger partial charge in [-0.05, 0) is 22.0 Å². The summed E-state index contributed by atoms with van der Waals surface area (Å²) in [6.07, 6.45) is 1.36. The molecule has 0 fully saturated rings. The van der Waals surface area contributed by atoms with Gasteiger partial charge in [-0.2, -0.15) is 0 Å². The maximum atomic E-state index is 11.3. The van der Waals surface area contributed by atoms with Gasteiger partial charge in [0, 0.05) is 16.1 Å². The number of rotatable bonds is 2. The second-order valence-corrected chi connectivity index (χ2v) is 5.29. The molecule has 1 aromatic rings. The maximum Gasteiger partial charge on any atom is 0.217 e. The minimum absolute atomic E-state index is 0.0780. The average Bonchev–Trinajstić information content (AvgIpc) is 2.03. The fourth-order valence-corrected chi connectivity index (χ4v) is 2.33. The van der Waals surface area contributed by atoms with Crippen molar-refractivity contribution in [3.63, 3.8) is 0 Å². The predicted molar refractivity (Wildman–Crippen MR) is 54.3 cm³/mol. The average molecular weight is 283 g/mol. The normalized spacial score (nSPS) is 11.2. The number of hydrogen-bond acceptors (Lipinski definition) is 3. The molecular weight excluding hydrogens is 278 g/mol. The smallest absolute Gasteiger partial charge is 0.217 e. The molecule has 0 N–H and O–H groups in total. The number of aromatic nitrogens is 1. The van der Waals surface area contributed by atoms with Gasteiger partial charge in [0.05, 0.1) is 5.02 Å². The zero-order valence-electron chi connectivity index (χ0n) is 6.37. The van der Waals surface area contributed by atoms with E-state index in [2.05, 4.69) is 27.5 Å². The van der Waals surface area contributed by atoms with Crippen LogP contribution in [0.3, 0.4) is 0 Å². The molecule has 1 heterocycles. The summed E-state index contributed by atoms with van der Waals surface area (Å²) < 4.78 is 23.1. The van der Waals surface area contributed by atoms with Crippen LogP contribution in [0, 0.1) is 0 Å². The van der Waals surface area contributed by atoms with Gasteiger partial charge < -0.3 is 0 Å². The van der Waals surface area contributed by atoms with Gasteiger partial charge in [-0.3, -0.25) is 0 Å². The van der Waals surface area contributed by atoms with Crippen LogP contribution in [-0.4, -0.2) is 13.4 Å². The molecule has 1 aromatic heterocycles. The highest BCUT2D eigenvalue weighted by molar-refractivity contribution is 9.10. The molecule has 0 amide bonds. The summed E-state index contributed by atoms with van der Waals surface area (Å²) in [7, 11) is -3.55. The summed E-state index contributed by atoms with van der Waals surface area (Å²) in [5, 5.41) is 0.719. The molecule has 13 heavy (non-hydrogen) atoms. The van der Waals surface area contributed by atoms with Crippen LogP contribution in [-0.2, 0) is 9.84 Å². The Balaban J connectivity index is 3.41. The van der Waals surface area contributed by atoms with Gasteiger partial charge in [-0.25, -0.2) is 13.4 Å². The Morgan fingerprint density at radius 1 is 1.62 bits per heavy atom. The second-order valence-electron chi connectivity index (χ2n) is 2.15. The molecule has 0 saturated carbocycles. The summed E-state index contributed by atoms with van der Waals surface area (Å²) in [5.74, 6) is 0.